The van der Waals surface area contributed by atoms with Gasteiger partial charge < -0.3 is 0 Å². The number of allylic oxidation sites excluding steroid dienone is 1. The summed E-state index contributed by atoms with van der Waals surface area (Å²) < 4.78 is 0. The lowest BCUT2D eigenvalue weighted by Gasteiger charge is -2.62. The van der Waals surface area contributed by atoms with Crippen molar-refractivity contribution in [2.45, 2.75) is 34.1 Å². The largest absolute Gasteiger partial charge is 0.0993 e. The summed E-state index contributed by atoms with van der Waals surface area (Å²) in [5.41, 5.74) is 2.08. The molecule has 3 saturated carbocycles. The SMILES string of the molecule is C=C1[C@H]2C[C@H]([C@H](C)[C@H]1C)C2(C)C. The van der Waals surface area contributed by atoms with Gasteiger partial charge in [0.05, 0.1) is 0 Å². The Labute approximate surface area is 76.1 Å². The Morgan fingerprint density at radius 1 is 1.33 bits per heavy atom. The highest BCUT2D eigenvalue weighted by Gasteiger charge is 2.56. The molecule has 0 heteroatoms. The van der Waals surface area contributed by atoms with Crippen LogP contribution < -0.4 is 0 Å². The first kappa shape index (κ1) is 8.34. The molecule has 0 unspecified atom stereocenters. The Morgan fingerprint density at radius 2 is 1.92 bits per heavy atom. The summed E-state index contributed by atoms with van der Waals surface area (Å²) >= 11 is 0. The van der Waals surface area contributed by atoms with E-state index < -0.39 is 0 Å². The van der Waals surface area contributed by atoms with E-state index in [-0.39, 0.29) is 0 Å². The highest BCUT2D eigenvalue weighted by atomic mass is 14.6. The van der Waals surface area contributed by atoms with Crippen LogP contribution in [0.15, 0.2) is 12.2 Å². The molecule has 0 N–H and O–H groups in total. The Balaban J connectivity index is 2.30. The van der Waals surface area contributed by atoms with Gasteiger partial charge in [-0.1, -0.05) is 39.8 Å². The van der Waals surface area contributed by atoms with Crippen LogP contribution in [0.1, 0.15) is 34.1 Å². The van der Waals surface area contributed by atoms with Crippen molar-refractivity contribution < 1.29 is 0 Å². The fourth-order valence-corrected chi connectivity index (χ4v) is 3.48. The first-order valence-electron chi connectivity index (χ1n) is 5.15. The molecular weight excluding hydrogens is 144 g/mol. The standard InChI is InChI=1S/C12H20/c1-7-8(2)10-6-11(9(7)3)12(10,4)5/h7,9-11H,2,6H2,1,3-5H3/t7-,9+,10+,11+/m0/s1. The first-order chi connectivity index (χ1) is 5.46. The number of fused-ring (bicyclic) bond motifs is 2. The van der Waals surface area contributed by atoms with Crippen molar-refractivity contribution in [3.8, 4) is 0 Å². The van der Waals surface area contributed by atoms with Crippen molar-refractivity contribution in [1.82, 2.24) is 0 Å². The summed E-state index contributed by atoms with van der Waals surface area (Å²) in [6.45, 7) is 13.8. The third-order valence-corrected chi connectivity index (χ3v) is 4.80. The van der Waals surface area contributed by atoms with Gasteiger partial charge in [0.25, 0.3) is 0 Å². The van der Waals surface area contributed by atoms with Gasteiger partial charge in [0, 0.05) is 0 Å². The van der Waals surface area contributed by atoms with E-state index in [2.05, 4.69) is 34.3 Å². The van der Waals surface area contributed by atoms with Crippen molar-refractivity contribution in [2.24, 2.45) is 29.1 Å². The monoisotopic (exact) mass is 164 g/mol. The molecule has 0 heterocycles. The van der Waals surface area contributed by atoms with E-state index in [0.29, 0.717) is 5.41 Å². The van der Waals surface area contributed by atoms with E-state index in [0.717, 1.165) is 23.7 Å². The second-order valence-electron chi connectivity index (χ2n) is 5.44. The zero-order valence-corrected chi connectivity index (χ0v) is 8.72. The fraction of sp³-hybridized carbons (Fsp3) is 0.833. The molecule has 0 aliphatic heterocycles. The molecule has 3 aliphatic carbocycles. The topological polar surface area (TPSA) is 0 Å². The van der Waals surface area contributed by atoms with Crippen LogP contribution in [-0.2, 0) is 0 Å². The maximum absolute atomic E-state index is 4.26. The van der Waals surface area contributed by atoms with Crippen LogP contribution in [0.5, 0.6) is 0 Å². The first-order valence-corrected chi connectivity index (χ1v) is 5.15. The van der Waals surface area contributed by atoms with Crippen molar-refractivity contribution >= 4 is 0 Å². The molecular formula is C12H20. The molecule has 3 aliphatic rings. The van der Waals surface area contributed by atoms with Crippen LogP contribution in [-0.4, -0.2) is 0 Å². The van der Waals surface area contributed by atoms with E-state index in [1.165, 1.54) is 12.0 Å². The smallest absolute Gasteiger partial charge is 0.0146 e. The second-order valence-corrected chi connectivity index (χ2v) is 5.44. The van der Waals surface area contributed by atoms with E-state index in [4.69, 9.17) is 0 Å². The molecule has 0 saturated heterocycles. The molecule has 0 radical (unpaired) electrons. The van der Waals surface area contributed by atoms with Gasteiger partial charge in [-0.05, 0) is 35.5 Å². The number of hydrogen-bond acceptors (Lipinski definition) is 0. The quantitative estimate of drug-likeness (QED) is 0.481. The summed E-state index contributed by atoms with van der Waals surface area (Å²) in [5, 5.41) is 0. The summed E-state index contributed by atoms with van der Waals surface area (Å²) in [6.07, 6.45) is 1.41. The minimum absolute atomic E-state index is 0.559. The van der Waals surface area contributed by atoms with Crippen LogP contribution in [0.25, 0.3) is 0 Å². The normalized spacial score (nSPS) is 50.2. The Bertz CT molecular complexity index is 224. The maximum Gasteiger partial charge on any atom is -0.0146 e. The maximum atomic E-state index is 4.26. The molecule has 0 aromatic heterocycles. The van der Waals surface area contributed by atoms with Crippen molar-refractivity contribution in [2.75, 3.05) is 0 Å². The van der Waals surface area contributed by atoms with Crippen molar-refractivity contribution in [3.63, 3.8) is 0 Å². The average molecular weight is 164 g/mol. The predicted molar refractivity (Wildman–Crippen MR) is 52.8 cm³/mol. The van der Waals surface area contributed by atoms with Gasteiger partial charge in [-0.2, -0.15) is 0 Å². The second kappa shape index (κ2) is 2.16. The van der Waals surface area contributed by atoms with Crippen LogP contribution in [0, 0.1) is 29.1 Å². The highest BCUT2D eigenvalue weighted by molar-refractivity contribution is 5.23. The minimum Gasteiger partial charge on any atom is -0.0993 e. The lowest BCUT2D eigenvalue weighted by Crippen LogP contribution is -2.55. The van der Waals surface area contributed by atoms with Gasteiger partial charge in [0.15, 0.2) is 0 Å². The molecule has 0 spiro atoms. The molecule has 0 aromatic rings. The van der Waals surface area contributed by atoms with Crippen LogP contribution >= 0.6 is 0 Å². The van der Waals surface area contributed by atoms with Crippen molar-refractivity contribution in [1.29, 1.82) is 0 Å². The summed E-state index contributed by atoms with van der Waals surface area (Å²) in [5.74, 6) is 3.41. The molecule has 12 heavy (non-hydrogen) atoms. The number of rotatable bonds is 0. The third kappa shape index (κ3) is 0.739. The molecule has 3 rings (SSSR count). The highest BCUT2D eigenvalue weighted by Crippen LogP contribution is 2.64. The van der Waals surface area contributed by atoms with E-state index in [1.807, 2.05) is 0 Å². The fourth-order valence-electron chi connectivity index (χ4n) is 3.48. The van der Waals surface area contributed by atoms with Crippen LogP contribution in [0.4, 0.5) is 0 Å². The van der Waals surface area contributed by atoms with Gasteiger partial charge in [-0.15, -0.1) is 0 Å². The van der Waals surface area contributed by atoms with Crippen LogP contribution in [0.3, 0.4) is 0 Å². The predicted octanol–water partition coefficient (Wildman–Crippen LogP) is 3.49. The van der Waals surface area contributed by atoms with Gasteiger partial charge in [-0.25, -0.2) is 0 Å². The van der Waals surface area contributed by atoms with Gasteiger partial charge >= 0.3 is 0 Å². The van der Waals surface area contributed by atoms with Crippen molar-refractivity contribution in [3.05, 3.63) is 12.2 Å². The zero-order chi connectivity index (χ0) is 9.09. The Morgan fingerprint density at radius 3 is 2.33 bits per heavy atom. The summed E-state index contributed by atoms with van der Waals surface area (Å²) in [7, 11) is 0. The molecule has 0 amide bonds. The van der Waals surface area contributed by atoms with E-state index in [1.54, 1.807) is 0 Å². The summed E-state index contributed by atoms with van der Waals surface area (Å²) in [4.78, 5) is 0. The molecule has 3 fully saturated rings. The third-order valence-electron chi connectivity index (χ3n) is 4.80. The lowest BCUT2D eigenvalue weighted by molar-refractivity contribution is -0.0828. The molecule has 0 nitrogen and oxygen atoms in total. The lowest BCUT2D eigenvalue weighted by atomic mass is 9.42. The van der Waals surface area contributed by atoms with E-state index >= 15 is 0 Å². The van der Waals surface area contributed by atoms with Gasteiger partial charge in [0.2, 0.25) is 0 Å². The molecule has 4 atom stereocenters. The summed E-state index contributed by atoms with van der Waals surface area (Å²) in [6, 6.07) is 0. The van der Waals surface area contributed by atoms with E-state index in [9.17, 15) is 0 Å². The molecule has 0 aromatic carbocycles. The number of hydrogen-bond donors (Lipinski definition) is 0. The molecule has 68 valence electrons. The Hall–Kier alpha value is -0.260. The molecule has 2 bridgehead atoms. The Kier molecular flexibility index (Phi) is 1.50. The van der Waals surface area contributed by atoms with Gasteiger partial charge in [-0.3, -0.25) is 0 Å². The van der Waals surface area contributed by atoms with Gasteiger partial charge in [0.1, 0.15) is 0 Å². The van der Waals surface area contributed by atoms with Crippen LogP contribution in [0.2, 0.25) is 0 Å². The zero-order valence-electron chi connectivity index (χ0n) is 8.72. The minimum atomic E-state index is 0.559. The average Bonchev–Trinajstić information content (AvgIpc) is 1.98.